The maximum absolute atomic E-state index is 14.0. The molecule has 0 spiro atoms. The van der Waals surface area contributed by atoms with Crippen molar-refractivity contribution in [3.63, 3.8) is 0 Å². The maximum atomic E-state index is 14.0. The van der Waals surface area contributed by atoms with Crippen LogP contribution in [0.15, 0.2) is 42.9 Å². The van der Waals surface area contributed by atoms with Crippen LogP contribution in [0.1, 0.15) is 64.1 Å². The summed E-state index contributed by atoms with van der Waals surface area (Å²) in [5.74, 6) is -10.4. The molecule has 0 saturated carbocycles. The van der Waals surface area contributed by atoms with Crippen LogP contribution in [-0.2, 0) is 60.8 Å². The smallest absolute Gasteiger partial charge is 0.326 e. The van der Waals surface area contributed by atoms with Gasteiger partial charge in [-0.1, -0.05) is 44.2 Å². The van der Waals surface area contributed by atoms with Crippen molar-refractivity contribution in [2.75, 3.05) is 25.5 Å². The van der Waals surface area contributed by atoms with Crippen molar-refractivity contribution >= 4 is 71.8 Å². The Hall–Kier alpha value is -6.68. The van der Waals surface area contributed by atoms with Gasteiger partial charge in [0.15, 0.2) is 0 Å². The van der Waals surface area contributed by atoms with Gasteiger partial charge in [-0.3, -0.25) is 43.2 Å². The number of aliphatic hydroxyl groups is 2. The monoisotopic (exact) mass is 1010 g/mol. The van der Waals surface area contributed by atoms with E-state index in [-0.39, 0.29) is 43.7 Å². The molecule has 0 radical (unpaired) electrons. The van der Waals surface area contributed by atoms with Gasteiger partial charge in [0.1, 0.15) is 54.4 Å². The number of benzene rings is 1. The molecular weight excluding hydrogens is 939 g/mol. The number of nitrogens with one attached hydrogen (secondary N) is 9. The number of hydrogen-bond acceptors (Lipinski definition) is 16. The van der Waals surface area contributed by atoms with Crippen LogP contribution in [-0.4, -0.2) is 164 Å². The number of aromatic amines is 1. The standard InChI is InChI=1S/C43H67N13O13S/c1-22(2)34(42(67)53-30(43(68)69)15-24-9-5-4-6-10-24)56-35(60)23(3)49-39(64)29(16-25-17-47-21-48-25)52-38(63)28(12-13-33(46)59)51-37(62)27(11-7-8-14-44)50-40(65)31(19-58)54-41(66)32(20-70)55-36(61)26(45)18-57/h4-6,9-10,17,21-23,26-32,34,57-58,70H,7-8,11-16,18-20,44-45H2,1-3H3,(H2,46,59)(H,47,48)(H,49,64)(H,50,65)(H,51,62)(H,52,63)(H,53,67)(H,54,66)(H,55,61)(H,56,60)(H,68,69)/t23-,26-,27-,28-,29-,30-,31-,32-,34-/m0/s1. The van der Waals surface area contributed by atoms with Gasteiger partial charge in [0, 0.05) is 31.2 Å². The van der Waals surface area contributed by atoms with Crippen LogP contribution >= 0.6 is 12.6 Å². The summed E-state index contributed by atoms with van der Waals surface area (Å²) in [5.41, 5.74) is 17.5. The van der Waals surface area contributed by atoms with E-state index in [0.29, 0.717) is 12.0 Å². The van der Waals surface area contributed by atoms with Gasteiger partial charge in [-0.05, 0) is 50.6 Å². The van der Waals surface area contributed by atoms with Gasteiger partial charge in [0.25, 0.3) is 0 Å². The fraction of sp³-hybridized carbons (Fsp3) is 0.558. The minimum absolute atomic E-state index is 0.0342. The van der Waals surface area contributed by atoms with E-state index in [0.717, 1.165) is 0 Å². The van der Waals surface area contributed by atoms with Gasteiger partial charge in [-0.15, -0.1) is 0 Å². The molecule has 0 fully saturated rings. The topological polar surface area (TPSA) is 434 Å². The summed E-state index contributed by atoms with van der Waals surface area (Å²) in [6.07, 6.45) is 2.18. The minimum atomic E-state index is -1.68. The molecule has 0 bridgehead atoms. The van der Waals surface area contributed by atoms with Gasteiger partial charge >= 0.3 is 5.97 Å². The molecule has 0 aliphatic heterocycles. The number of hydrogen-bond donors (Lipinski definition) is 16. The van der Waals surface area contributed by atoms with E-state index >= 15 is 0 Å². The molecule has 70 heavy (non-hydrogen) atoms. The van der Waals surface area contributed by atoms with E-state index in [9.17, 15) is 58.2 Å². The average Bonchev–Trinajstić information content (AvgIpc) is 3.84. The Morgan fingerprint density at radius 1 is 0.643 bits per heavy atom. The average molecular weight is 1010 g/mol. The van der Waals surface area contributed by atoms with E-state index in [1.807, 2.05) is 0 Å². The Morgan fingerprint density at radius 2 is 1.19 bits per heavy atom. The number of H-pyrrole nitrogens is 1. The largest absolute Gasteiger partial charge is 0.480 e. The predicted octanol–water partition coefficient (Wildman–Crippen LogP) is -5.53. The summed E-state index contributed by atoms with van der Waals surface area (Å²) in [4.78, 5) is 138. The van der Waals surface area contributed by atoms with Gasteiger partial charge in [0.2, 0.25) is 53.2 Å². The first-order valence-electron chi connectivity index (χ1n) is 22.4. The number of aliphatic hydroxyl groups excluding tert-OH is 2. The van der Waals surface area contributed by atoms with Crippen molar-refractivity contribution in [1.29, 1.82) is 0 Å². The normalized spacial score (nSPS) is 14.9. The number of primary amides is 1. The Labute approximate surface area is 409 Å². The highest BCUT2D eigenvalue weighted by atomic mass is 32.1. The number of rotatable bonds is 32. The number of carboxylic acids is 1. The second-order valence-electron chi connectivity index (χ2n) is 16.6. The highest BCUT2D eigenvalue weighted by Crippen LogP contribution is 2.10. The number of carboxylic acid groups (broad SMARTS) is 1. The van der Waals surface area contributed by atoms with E-state index in [1.165, 1.54) is 19.4 Å². The van der Waals surface area contributed by atoms with Gasteiger partial charge in [-0.25, -0.2) is 9.78 Å². The van der Waals surface area contributed by atoms with Gasteiger partial charge < -0.3 is 80.0 Å². The van der Waals surface area contributed by atoms with E-state index < -0.39 is 145 Å². The van der Waals surface area contributed by atoms with Gasteiger partial charge in [-0.2, -0.15) is 12.6 Å². The number of carbonyl (C=O) groups excluding carboxylic acids is 9. The SMILES string of the molecule is CC(C)[C@H](NC(=O)[C@H](C)NC(=O)[C@H](Cc1c[nH]cn1)NC(=O)[C@H](CCC(N)=O)NC(=O)[C@H](CCCCN)NC(=O)[C@H](CO)NC(=O)[C@H](CS)NC(=O)[C@@H](N)CO)C(=O)N[C@@H](Cc1ccccc1)C(=O)O. The Morgan fingerprint density at radius 3 is 1.71 bits per heavy atom. The summed E-state index contributed by atoms with van der Waals surface area (Å²) in [6, 6.07) is -4.22. The lowest BCUT2D eigenvalue weighted by Crippen LogP contribution is -2.61. The van der Waals surface area contributed by atoms with Crippen LogP contribution < -0.4 is 59.7 Å². The number of aliphatic carboxylic acids is 1. The van der Waals surface area contributed by atoms with Crippen LogP contribution in [0.5, 0.6) is 0 Å². The zero-order chi connectivity index (χ0) is 52.5. The highest BCUT2D eigenvalue weighted by Gasteiger charge is 2.35. The Kier molecular flexibility index (Phi) is 26.1. The van der Waals surface area contributed by atoms with Crippen LogP contribution in [0.2, 0.25) is 0 Å². The van der Waals surface area contributed by atoms with Crippen LogP contribution in [0.4, 0.5) is 0 Å². The van der Waals surface area contributed by atoms with E-state index in [2.05, 4.69) is 65.1 Å². The maximum Gasteiger partial charge on any atom is 0.326 e. The number of nitrogens with two attached hydrogens (primary N) is 3. The third-order valence-electron chi connectivity index (χ3n) is 10.6. The first-order chi connectivity index (χ1) is 33.1. The van der Waals surface area contributed by atoms with E-state index in [4.69, 9.17) is 22.3 Å². The molecule has 0 saturated heterocycles. The lowest BCUT2D eigenvalue weighted by Gasteiger charge is -2.27. The van der Waals surface area contributed by atoms with Crippen molar-refractivity contribution in [2.24, 2.45) is 23.1 Å². The summed E-state index contributed by atoms with van der Waals surface area (Å²) in [6.45, 7) is 3.04. The van der Waals surface area contributed by atoms with Crippen molar-refractivity contribution in [1.82, 2.24) is 52.5 Å². The highest BCUT2D eigenvalue weighted by molar-refractivity contribution is 7.80. The summed E-state index contributed by atoms with van der Waals surface area (Å²) in [5, 5.41) is 48.4. The number of unbranched alkanes of at least 4 members (excludes halogenated alkanes) is 1. The number of nitrogens with zero attached hydrogens (tertiary/aromatic N) is 1. The minimum Gasteiger partial charge on any atom is -0.480 e. The molecule has 18 N–H and O–H groups in total. The van der Waals surface area contributed by atoms with Crippen molar-refractivity contribution in [3.05, 3.63) is 54.1 Å². The van der Waals surface area contributed by atoms with Crippen molar-refractivity contribution in [3.8, 4) is 0 Å². The number of aromatic nitrogens is 2. The Bertz CT molecular complexity index is 2070. The second kappa shape index (κ2) is 30.7. The fourth-order valence-corrected chi connectivity index (χ4v) is 6.74. The lowest BCUT2D eigenvalue weighted by atomic mass is 10.0. The second-order valence-corrected chi connectivity index (χ2v) is 16.9. The molecule has 1 heterocycles. The predicted molar refractivity (Wildman–Crippen MR) is 253 cm³/mol. The molecule has 0 aliphatic carbocycles. The van der Waals surface area contributed by atoms with Crippen LogP contribution in [0, 0.1) is 5.92 Å². The fourth-order valence-electron chi connectivity index (χ4n) is 6.48. The number of amides is 9. The van der Waals surface area contributed by atoms with Gasteiger partial charge in [0.05, 0.1) is 25.2 Å². The van der Waals surface area contributed by atoms with Crippen LogP contribution in [0.3, 0.4) is 0 Å². The third kappa shape index (κ3) is 20.5. The summed E-state index contributed by atoms with van der Waals surface area (Å²) < 4.78 is 0. The third-order valence-corrected chi connectivity index (χ3v) is 10.9. The molecule has 9 atom stereocenters. The summed E-state index contributed by atoms with van der Waals surface area (Å²) >= 11 is 4.03. The molecular formula is C43H67N13O13S. The quantitative estimate of drug-likeness (QED) is 0.0240. The number of carbonyl (C=O) groups is 10. The molecule has 0 unspecified atom stereocenters. The molecule has 27 heteroatoms. The molecule has 388 valence electrons. The molecule has 2 aromatic rings. The molecule has 9 amide bonds. The molecule has 2 rings (SSSR count). The zero-order valence-corrected chi connectivity index (χ0v) is 40.0. The summed E-state index contributed by atoms with van der Waals surface area (Å²) in [7, 11) is 0. The molecule has 26 nitrogen and oxygen atoms in total. The van der Waals surface area contributed by atoms with Crippen LogP contribution in [0.25, 0.3) is 0 Å². The van der Waals surface area contributed by atoms with E-state index in [1.54, 1.807) is 44.2 Å². The number of imidazole rings is 1. The molecule has 0 aliphatic rings. The first-order valence-corrected chi connectivity index (χ1v) is 23.0. The molecule has 1 aromatic heterocycles. The number of thiol groups is 1. The van der Waals surface area contributed by atoms with Crippen molar-refractivity contribution < 1.29 is 63.3 Å². The molecule has 1 aromatic carbocycles. The lowest BCUT2D eigenvalue weighted by molar-refractivity contribution is -0.142. The Balaban J connectivity index is 2.30. The van der Waals surface area contributed by atoms with Crippen molar-refractivity contribution in [2.45, 2.75) is 120 Å². The zero-order valence-electron chi connectivity index (χ0n) is 39.1. The first kappa shape index (κ1) is 59.4.